The van der Waals surface area contributed by atoms with Crippen molar-refractivity contribution in [1.82, 2.24) is 0 Å². The monoisotopic (exact) mass is 306 g/mol. The van der Waals surface area contributed by atoms with Crippen LogP contribution < -0.4 is 0 Å². The van der Waals surface area contributed by atoms with Crippen molar-refractivity contribution in [3.8, 4) is 0 Å². The minimum absolute atomic E-state index is 0.0311. The van der Waals surface area contributed by atoms with Crippen molar-refractivity contribution in [2.24, 2.45) is 5.92 Å². The first kappa shape index (κ1) is 14.3. The fourth-order valence-corrected chi connectivity index (χ4v) is 2.55. The largest absolute Gasteiger partial charge is 0.462 e. The zero-order valence-corrected chi connectivity index (χ0v) is 11.5. The maximum atomic E-state index is 13.3. The number of halogens is 2. The Balaban J connectivity index is 2.08. The third kappa shape index (κ3) is 3.91. The number of carbonyl (C=O) groups excluding carboxylic acids is 1. The van der Waals surface area contributed by atoms with E-state index in [1.807, 2.05) is 0 Å². The number of benzene rings is 1. The van der Waals surface area contributed by atoms with E-state index in [0.717, 1.165) is 31.4 Å². The second-order valence-corrected chi connectivity index (χ2v) is 6.99. The molecular formula is C12H12ClFO4S. The predicted molar refractivity (Wildman–Crippen MR) is 67.1 cm³/mol. The summed E-state index contributed by atoms with van der Waals surface area (Å²) in [6.45, 7) is 0.282. The summed E-state index contributed by atoms with van der Waals surface area (Å²) in [5.41, 5.74) is -0.0311. The van der Waals surface area contributed by atoms with Crippen molar-refractivity contribution in [1.29, 1.82) is 0 Å². The summed E-state index contributed by atoms with van der Waals surface area (Å²) in [5, 5.41) is 0. The molecule has 19 heavy (non-hydrogen) atoms. The van der Waals surface area contributed by atoms with Crippen molar-refractivity contribution in [3.05, 3.63) is 29.6 Å². The first-order chi connectivity index (χ1) is 8.88. The third-order valence-electron chi connectivity index (χ3n) is 2.89. The zero-order valence-electron chi connectivity index (χ0n) is 9.93. The van der Waals surface area contributed by atoms with Crippen LogP contribution in [-0.2, 0) is 13.8 Å². The Bertz CT molecular complexity index is 596. The molecule has 1 aromatic rings. The molecule has 1 aliphatic carbocycles. The molecule has 0 atom stereocenters. The smallest absolute Gasteiger partial charge is 0.338 e. The molecule has 4 nitrogen and oxygen atoms in total. The van der Waals surface area contributed by atoms with E-state index in [9.17, 15) is 17.6 Å². The minimum atomic E-state index is -4.22. The van der Waals surface area contributed by atoms with Gasteiger partial charge in [0.2, 0.25) is 0 Å². The van der Waals surface area contributed by atoms with Crippen molar-refractivity contribution < 1.29 is 22.3 Å². The highest BCUT2D eigenvalue weighted by Gasteiger charge is 2.22. The Morgan fingerprint density at radius 3 is 2.68 bits per heavy atom. The third-order valence-corrected chi connectivity index (χ3v) is 4.22. The van der Waals surface area contributed by atoms with Gasteiger partial charge in [-0.15, -0.1) is 0 Å². The number of rotatable bonds is 5. The Hall–Kier alpha value is -1.14. The van der Waals surface area contributed by atoms with Gasteiger partial charge in [0, 0.05) is 10.7 Å². The fourth-order valence-electron chi connectivity index (χ4n) is 1.63. The predicted octanol–water partition coefficient (Wildman–Crippen LogP) is 2.71. The van der Waals surface area contributed by atoms with Crippen LogP contribution in [0.4, 0.5) is 4.39 Å². The number of hydrogen-bond acceptors (Lipinski definition) is 4. The molecule has 0 amide bonds. The van der Waals surface area contributed by atoms with Crippen LogP contribution in [0, 0.1) is 11.7 Å². The van der Waals surface area contributed by atoms with E-state index >= 15 is 0 Å². The topological polar surface area (TPSA) is 60.4 Å². The first-order valence-corrected chi connectivity index (χ1v) is 8.10. The molecule has 1 fully saturated rings. The van der Waals surface area contributed by atoms with E-state index in [1.165, 1.54) is 6.07 Å². The summed E-state index contributed by atoms with van der Waals surface area (Å²) < 4.78 is 40.5. The van der Waals surface area contributed by atoms with Crippen LogP contribution in [-0.4, -0.2) is 21.0 Å². The molecular weight excluding hydrogens is 295 g/mol. The van der Waals surface area contributed by atoms with Gasteiger partial charge >= 0.3 is 5.97 Å². The summed E-state index contributed by atoms with van der Waals surface area (Å²) in [6.07, 6.45) is 3.11. The normalized spacial score (nSPS) is 15.3. The average molecular weight is 307 g/mol. The van der Waals surface area contributed by atoms with Crippen LogP contribution >= 0.6 is 10.7 Å². The van der Waals surface area contributed by atoms with Gasteiger partial charge in [0.1, 0.15) is 10.7 Å². The summed E-state index contributed by atoms with van der Waals surface area (Å²) in [5.74, 6) is -1.05. The van der Waals surface area contributed by atoms with E-state index in [1.54, 1.807) is 0 Å². The Morgan fingerprint density at radius 1 is 1.42 bits per heavy atom. The van der Waals surface area contributed by atoms with Crippen molar-refractivity contribution >= 4 is 25.7 Å². The Labute approximate surface area is 114 Å². The van der Waals surface area contributed by atoms with Crippen LogP contribution in [0.15, 0.2) is 23.1 Å². The summed E-state index contributed by atoms with van der Waals surface area (Å²) in [6, 6.07) is 2.93. The number of ether oxygens (including phenoxy) is 1. The zero-order chi connectivity index (χ0) is 14.0. The lowest BCUT2D eigenvalue weighted by Gasteiger charge is -2.05. The highest BCUT2D eigenvalue weighted by Crippen LogP contribution is 2.32. The Morgan fingerprint density at radius 2 is 2.11 bits per heavy atom. The maximum Gasteiger partial charge on any atom is 0.338 e. The van der Waals surface area contributed by atoms with E-state index in [2.05, 4.69) is 0 Å². The molecule has 0 heterocycles. The van der Waals surface area contributed by atoms with Crippen molar-refractivity contribution in [2.75, 3.05) is 6.61 Å². The van der Waals surface area contributed by atoms with E-state index < -0.39 is 25.7 Å². The highest BCUT2D eigenvalue weighted by atomic mass is 35.7. The SMILES string of the molecule is O=C(OCCC1CC1)c1ccc(F)c(S(=O)(=O)Cl)c1. The molecule has 1 saturated carbocycles. The van der Waals surface area contributed by atoms with Gasteiger partial charge in [-0.2, -0.15) is 0 Å². The van der Waals surface area contributed by atoms with Crippen LogP contribution in [0.1, 0.15) is 29.6 Å². The van der Waals surface area contributed by atoms with Crippen LogP contribution in [0.5, 0.6) is 0 Å². The quantitative estimate of drug-likeness (QED) is 0.620. The lowest BCUT2D eigenvalue weighted by atomic mass is 10.2. The number of hydrogen-bond donors (Lipinski definition) is 0. The van der Waals surface area contributed by atoms with Crippen molar-refractivity contribution in [3.63, 3.8) is 0 Å². The van der Waals surface area contributed by atoms with E-state index in [0.29, 0.717) is 5.92 Å². The van der Waals surface area contributed by atoms with Gasteiger partial charge in [0.05, 0.1) is 12.2 Å². The second kappa shape index (κ2) is 5.46. The molecule has 0 aliphatic heterocycles. The number of esters is 1. The summed E-state index contributed by atoms with van der Waals surface area (Å²) in [7, 11) is 0.851. The lowest BCUT2D eigenvalue weighted by Crippen LogP contribution is -2.08. The van der Waals surface area contributed by atoms with Gasteiger partial charge in [-0.05, 0) is 30.5 Å². The molecule has 1 aromatic carbocycles. The van der Waals surface area contributed by atoms with Gasteiger partial charge in [-0.25, -0.2) is 17.6 Å². The van der Waals surface area contributed by atoms with Crippen LogP contribution in [0.25, 0.3) is 0 Å². The molecule has 2 rings (SSSR count). The molecule has 104 valence electrons. The fraction of sp³-hybridized carbons (Fsp3) is 0.417. The molecule has 7 heteroatoms. The van der Waals surface area contributed by atoms with Gasteiger partial charge in [0.25, 0.3) is 9.05 Å². The van der Waals surface area contributed by atoms with E-state index in [-0.39, 0.29) is 12.2 Å². The van der Waals surface area contributed by atoms with E-state index in [4.69, 9.17) is 15.4 Å². The minimum Gasteiger partial charge on any atom is -0.462 e. The molecule has 1 aliphatic rings. The van der Waals surface area contributed by atoms with Gasteiger partial charge in [-0.1, -0.05) is 12.8 Å². The average Bonchev–Trinajstić information content (AvgIpc) is 3.12. The first-order valence-electron chi connectivity index (χ1n) is 5.79. The van der Waals surface area contributed by atoms with Gasteiger partial charge in [0.15, 0.2) is 0 Å². The molecule has 0 spiro atoms. The maximum absolute atomic E-state index is 13.3. The molecule has 0 aromatic heterocycles. The molecule has 0 saturated heterocycles. The van der Waals surface area contributed by atoms with Crippen LogP contribution in [0.3, 0.4) is 0 Å². The highest BCUT2D eigenvalue weighted by molar-refractivity contribution is 8.13. The standard InChI is InChI=1S/C12H12ClFO4S/c13-19(16,17)11-7-9(3-4-10(11)14)12(15)18-6-5-8-1-2-8/h3-4,7-8H,1-2,5-6H2. The molecule has 0 unspecified atom stereocenters. The summed E-state index contributed by atoms with van der Waals surface area (Å²) in [4.78, 5) is 10.9. The van der Waals surface area contributed by atoms with Gasteiger partial charge in [-0.3, -0.25) is 0 Å². The summed E-state index contributed by atoms with van der Waals surface area (Å²) >= 11 is 0. The molecule has 0 radical (unpaired) electrons. The molecule has 0 bridgehead atoms. The lowest BCUT2D eigenvalue weighted by molar-refractivity contribution is 0.0494. The van der Waals surface area contributed by atoms with Gasteiger partial charge < -0.3 is 4.74 Å². The number of carbonyl (C=O) groups is 1. The van der Waals surface area contributed by atoms with Crippen molar-refractivity contribution in [2.45, 2.75) is 24.2 Å². The molecule has 0 N–H and O–H groups in total. The second-order valence-electron chi connectivity index (χ2n) is 4.45. The Kier molecular flexibility index (Phi) is 4.10. The van der Waals surface area contributed by atoms with Crippen LogP contribution in [0.2, 0.25) is 0 Å².